The predicted octanol–water partition coefficient (Wildman–Crippen LogP) is 1.68. The molecule has 0 spiro atoms. The summed E-state index contributed by atoms with van der Waals surface area (Å²) in [6, 6.07) is 3.31. The first-order chi connectivity index (χ1) is 9.63. The summed E-state index contributed by atoms with van der Waals surface area (Å²) in [6.45, 7) is 1.23. The molecule has 20 heavy (non-hydrogen) atoms. The molecule has 2 aliphatic heterocycles. The van der Waals surface area contributed by atoms with E-state index < -0.39 is 4.92 Å². The number of anilines is 2. The average molecular weight is 277 g/mol. The molecule has 1 amide bonds. The van der Waals surface area contributed by atoms with Gasteiger partial charge in [0, 0.05) is 19.1 Å². The first-order valence-corrected chi connectivity index (χ1v) is 6.59. The minimum absolute atomic E-state index is 0.0159. The molecule has 2 heterocycles. The number of nitrogens with one attached hydrogen (secondary N) is 2. The molecule has 1 unspecified atom stereocenters. The Morgan fingerprint density at radius 1 is 1.40 bits per heavy atom. The maximum Gasteiger partial charge on any atom is 0.294 e. The van der Waals surface area contributed by atoms with E-state index in [0.717, 1.165) is 12.0 Å². The van der Waals surface area contributed by atoms with E-state index in [4.69, 9.17) is 4.74 Å². The summed E-state index contributed by atoms with van der Waals surface area (Å²) in [6.07, 6.45) is 1.86. The van der Waals surface area contributed by atoms with Gasteiger partial charge < -0.3 is 15.4 Å². The third-order valence-corrected chi connectivity index (χ3v) is 3.60. The highest BCUT2D eigenvalue weighted by Crippen LogP contribution is 2.34. The molecule has 106 valence electrons. The van der Waals surface area contributed by atoms with Gasteiger partial charge in [0.05, 0.1) is 23.3 Å². The van der Waals surface area contributed by atoms with Crippen molar-refractivity contribution in [2.24, 2.45) is 0 Å². The van der Waals surface area contributed by atoms with Crippen LogP contribution in [0.25, 0.3) is 0 Å². The zero-order valence-electron chi connectivity index (χ0n) is 10.8. The number of ether oxygens (including phenoxy) is 1. The van der Waals surface area contributed by atoms with Crippen LogP contribution in [0.15, 0.2) is 12.1 Å². The largest absolute Gasteiger partial charge is 0.379 e. The van der Waals surface area contributed by atoms with E-state index in [1.807, 2.05) is 0 Å². The van der Waals surface area contributed by atoms with Crippen LogP contribution in [0.1, 0.15) is 18.4 Å². The van der Waals surface area contributed by atoms with Crippen LogP contribution in [0.3, 0.4) is 0 Å². The second kappa shape index (κ2) is 5.09. The second-order valence-corrected chi connectivity index (χ2v) is 5.04. The number of benzene rings is 1. The van der Waals surface area contributed by atoms with Crippen LogP contribution < -0.4 is 10.6 Å². The molecule has 1 saturated heterocycles. The fraction of sp³-hybridized carbons (Fsp3) is 0.462. The van der Waals surface area contributed by atoms with Gasteiger partial charge in [0.25, 0.3) is 5.69 Å². The van der Waals surface area contributed by atoms with Crippen molar-refractivity contribution in [2.75, 3.05) is 23.8 Å². The molecule has 0 saturated carbocycles. The predicted molar refractivity (Wildman–Crippen MR) is 72.9 cm³/mol. The molecule has 0 radical (unpaired) electrons. The number of rotatable bonds is 3. The first-order valence-electron chi connectivity index (χ1n) is 6.59. The van der Waals surface area contributed by atoms with Crippen molar-refractivity contribution in [3.63, 3.8) is 0 Å². The van der Waals surface area contributed by atoms with Crippen molar-refractivity contribution in [2.45, 2.75) is 25.3 Å². The summed E-state index contributed by atoms with van der Waals surface area (Å²) in [5, 5.41) is 17.0. The Balaban J connectivity index is 1.94. The van der Waals surface area contributed by atoms with Gasteiger partial charge >= 0.3 is 0 Å². The van der Waals surface area contributed by atoms with Crippen LogP contribution >= 0.6 is 0 Å². The molecule has 1 fully saturated rings. The minimum atomic E-state index is -0.431. The van der Waals surface area contributed by atoms with Crippen molar-refractivity contribution >= 4 is 23.0 Å². The van der Waals surface area contributed by atoms with Gasteiger partial charge in [0.2, 0.25) is 5.91 Å². The quantitative estimate of drug-likeness (QED) is 0.647. The SMILES string of the molecule is O=C1CCc2cc(NC3CCOC3)c([N+](=O)[O-])cc2N1. The number of hydrogen-bond donors (Lipinski definition) is 2. The van der Waals surface area contributed by atoms with E-state index in [1.165, 1.54) is 6.07 Å². The van der Waals surface area contributed by atoms with Crippen molar-refractivity contribution < 1.29 is 14.5 Å². The number of carbonyl (C=O) groups is 1. The Bertz CT molecular complexity index is 567. The average Bonchev–Trinajstić information content (AvgIpc) is 2.91. The molecule has 1 aromatic carbocycles. The van der Waals surface area contributed by atoms with Crippen molar-refractivity contribution in [3.8, 4) is 0 Å². The first kappa shape index (κ1) is 12.9. The Morgan fingerprint density at radius 3 is 2.95 bits per heavy atom. The molecule has 2 aliphatic rings. The second-order valence-electron chi connectivity index (χ2n) is 5.04. The third-order valence-electron chi connectivity index (χ3n) is 3.60. The van der Waals surface area contributed by atoms with Gasteiger partial charge in [0.1, 0.15) is 5.69 Å². The zero-order valence-corrected chi connectivity index (χ0v) is 10.8. The number of nitro groups is 1. The Kier molecular flexibility index (Phi) is 3.27. The van der Waals surface area contributed by atoms with Gasteiger partial charge in [-0.15, -0.1) is 0 Å². The molecule has 7 heteroatoms. The summed E-state index contributed by atoms with van der Waals surface area (Å²) in [7, 11) is 0. The molecular formula is C13H15N3O4. The van der Waals surface area contributed by atoms with Crippen LogP contribution in [0.4, 0.5) is 17.1 Å². The molecular weight excluding hydrogens is 262 g/mol. The van der Waals surface area contributed by atoms with E-state index in [0.29, 0.717) is 37.4 Å². The van der Waals surface area contributed by atoms with Crippen LogP contribution in [0.5, 0.6) is 0 Å². The molecule has 1 aromatic rings. The lowest BCUT2D eigenvalue weighted by atomic mass is 10.0. The van der Waals surface area contributed by atoms with Gasteiger partial charge in [-0.25, -0.2) is 0 Å². The molecule has 3 rings (SSSR count). The maximum absolute atomic E-state index is 11.4. The van der Waals surface area contributed by atoms with E-state index in [2.05, 4.69) is 10.6 Å². The highest BCUT2D eigenvalue weighted by Gasteiger charge is 2.25. The van der Waals surface area contributed by atoms with Gasteiger partial charge in [-0.1, -0.05) is 0 Å². The van der Waals surface area contributed by atoms with Crippen molar-refractivity contribution in [3.05, 3.63) is 27.8 Å². The molecule has 2 N–H and O–H groups in total. The smallest absolute Gasteiger partial charge is 0.294 e. The number of aryl methyl sites for hydroxylation is 1. The van der Waals surface area contributed by atoms with E-state index in [9.17, 15) is 14.9 Å². The summed E-state index contributed by atoms with van der Waals surface area (Å²) >= 11 is 0. The van der Waals surface area contributed by atoms with Gasteiger partial charge in [0.15, 0.2) is 0 Å². The normalized spacial score (nSPS) is 21.2. The number of hydrogen-bond acceptors (Lipinski definition) is 5. The third kappa shape index (κ3) is 2.44. The highest BCUT2D eigenvalue weighted by atomic mass is 16.6. The van der Waals surface area contributed by atoms with Gasteiger partial charge in [-0.3, -0.25) is 14.9 Å². The van der Waals surface area contributed by atoms with E-state index >= 15 is 0 Å². The number of nitrogens with zero attached hydrogens (tertiary/aromatic N) is 1. The van der Waals surface area contributed by atoms with Crippen molar-refractivity contribution in [1.82, 2.24) is 0 Å². The summed E-state index contributed by atoms with van der Waals surface area (Å²) in [5.41, 5.74) is 1.95. The monoisotopic (exact) mass is 277 g/mol. The Morgan fingerprint density at radius 2 is 2.25 bits per heavy atom. The van der Waals surface area contributed by atoms with Crippen LogP contribution in [-0.4, -0.2) is 30.1 Å². The lowest BCUT2D eigenvalue weighted by molar-refractivity contribution is -0.383. The number of carbonyl (C=O) groups excluding carboxylic acids is 1. The topological polar surface area (TPSA) is 93.5 Å². The Hall–Kier alpha value is -2.15. The summed E-state index contributed by atoms with van der Waals surface area (Å²) < 4.78 is 5.27. The maximum atomic E-state index is 11.4. The highest BCUT2D eigenvalue weighted by molar-refractivity contribution is 5.95. The Labute approximate surface area is 115 Å². The fourth-order valence-corrected chi connectivity index (χ4v) is 2.55. The van der Waals surface area contributed by atoms with E-state index in [1.54, 1.807) is 6.07 Å². The molecule has 1 atom stereocenters. The molecule has 7 nitrogen and oxygen atoms in total. The van der Waals surface area contributed by atoms with Crippen LogP contribution in [-0.2, 0) is 16.0 Å². The van der Waals surface area contributed by atoms with Crippen molar-refractivity contribution in [1.29, 1.82) is 0 Å². The molecule has 0 bridgehead atoms. The molecule has 0 aliphatic carbocycles. The number of amides is 1. The number of fused-ring (bicyclic) bond motifs is 1. The lowest BCUT2D eigenvalue weighted by Gasteiger charge is -2.19. The van der Waals surface area contributed by atoms with Crippen LogP contribution in [0.2, 0.25) is 0 Å². The summed E-state index contributed by atoms with van der Waals surface area (Å²) in [4.78, 5) is 22.1. The van der Waals surface area contributed by atoms with Crippen LogP contribution in [0, 0.1) is 10.1 Å². The standard InChI is InChI=1S/C13H15N3O4/c17-13-2-1-8-5-11(14-9-3-4-20-7-9)12(16(18)19)6-10(8)15-13/h5-6,9,14H,1-4,7H2,(H,15,17). The van der Waals surface area contributed by atoms with Gasteiger partial charge in [-0.2, -0.15) is 0 Å². The molecule has 0 aromatic heterocycles. The van der Waals surface area contributed by atoms with E-state index in [-0.39, 0.29) is 17.6 Å². The summed E-state index contributed by atoms with van der Waals surface area (Å²) in [5.74, 6) is -0.100. The minimum Gasteiger partial charge on any atom is -0.379 e. The number of nitro benzene ring substituents is 1. The fourth-order valence-electron chi connectivity index (χ4n) is 2.55. The zero-order chi connectivity index (χ0) is 14.1. The lowest BCUT2D eigenvalue weighted by Crippen LogP contribution is -2.22. The van der Waals surface area contributed by atoms with Gasteiger partial charge in [-0.05, 0) is 24.5 Å².